The number of nitrogens with one attached hydrogen (secondary N) is 1. The van der Waals surface area contributed by atoms with Crippen molar-refractivity contribution in [3.63, 3.8) is 0 Å². The lowest BCUT2D eigenvalue weighted by atomic mass is 10.0. The second-order valence-electron chi connectivity index (χ2n) is 4.32. The molecule has 106 valence electrons. The molecule has 0 aromatic heterocycles. The summed E-state index contributed by atoms with van der Waals surface area (Å²) >= 11 is 0. The molecule has 0 fully saturated rings. The minimum Gasteiger partial charge on any atom is -0.352 e. The zero-order valence-corrected chi connectivity index (χ0v) is 10.7. The van der Waals surface area contributed by atoms with Crippen molar-refractivity contribution in [1.29, 1.82) is 0 Å². The van der Waals surface area contributed by atoms with Crippen LogP contribution in [0.3, 0.4) is 0 Å². The summed E-state index contributed by atoms with van der Waals surface area (Å²) in [4.78, 5) is 11.7. The monoisotopic (exact) mass is 274 g/mol. The Hall–Kier alpha value is -1.56. The Morgan fingerprint density at radius 2 is 1.89 bits per heavy atom. The second-order valence-corrected chi connectivity index (χ2v) is 4.32. The van der Waals surface area contributed by atoms with Crippen LogP contribution in [0.4, 0.5) is 13.2 Å². The van der Waals surface area contributed by atoms with Crippen LogP contribution in [0.25, 0.3) is 0 Å². The van der Waals surface area contributed by atoms with Gasteiger partial charge in [0.05, 0.1) is 0 Å². The maximum Gasteiger partial charge on any atom is 0.251 e. The number of benzene rings is 1. The van der Waals surface area contributed by atoms with Gasteiger partial charge in [-0.15, -0.1) is 0 Å². The molecule has 0 aliphatic carbocycles. The molecule has 1 unspecified atom stereocenters. The largest absolute Gasteiger partial charge is 0.352 e. The standard InChI is InChI=1S/C13H17F3N2O/c1-2-8(3-4-17)7-18-13(19)9-5-10(14)12(16)11(15)6-9/h5-6,8H,2-4,7,17H2,1H3,(H,18,19). The quantitative estimate of drug-likeness (QED) is 0.781. The third-order valence-electron chi connectivity index (χ3n) is 2.95. The Kier molecular flexibility index (Phi) is 5.82. The molecular weight excluding hydrogens is 257 g/mol. The minimum absolute atomic E-state index is 0.212. The fourth-order valence-corrected chi connectivity index (χ4v) is 1.71. The molecule has 1 aromatic carbocycles. The number of hydrogen-bond donors (Lipinski definition) is 2. The molecule has 1 amide bonds. The van der Waals surface area contributed by atoms with E-state index in [1.54, 1.807) is 0 Å². The average molecular weight is 274 g/mol. The van der Waals surface area contributed by atoms with Crippen molar-refractivity contribution in [3.05, 3.63) is 35.1 Å². The van der Waals surface area contributed by atoms with Gasteiger partial charge >= 0.3 is 0 Å². The van der Waals surface area contributed by atoms with Gasteiger partial charge in [-0.1, -0.05) is 13.3 Å². The highest BCUT2D eigenvalue weighted by molar-refractivity contribution is 5.94. The summed E-state index contributed by atoms with van der Waals surface area (Å²) in [5, 5.41) is 2.56. The molecular formula is C13H17F3N2O. The number of amides is 1. The van der Waals surface area contributed by atoms with Gasteiger partial charge in [-0.2, -0.15) is 0 Å². The molecule has 0 aliphatic rings. The molecule has 1 aromatic rings. The minimum atomic E-state index is -1.58. The number of carbonyl (C=O) groups is 1. The summed E-state index contributed by atoms with van der Waals surface area (Å²) in [7, 11) is 0. The van der Waals surface area contributed by atoms with Crippen molar-refractivity contribution in [2.75, 3.05) is 13.1 Å². The maximum atomic E-state index is 13.0. The van der Waals surface area contributed by atoms with Crippen LogP contribution >= 0.6 is 0 Å². The highest BCUT2D eigenvalue weighted by Gasteiger charge is 2.15. The van der Waals surface area contributed by atoms with E-state index >= 15 is 0 Å². The third kappa shape index (κ3) is 4.24. The van der Waals surface area contributed by atoms with Crippen LogP contribution in [0.15, 0.2) is 12.1 Å². The second kappa shape index (κ2) is 7.13. The van der Waals surface area contributed by atoms with E-state index in [1.807, 2.05) is 6.92 Å². The predicted octanol–water partition coefficient (Wildman–Crippen LogP) is 2.21. The van der Waals surface area contributed by atoms with Crippen LogP contribution in [0, 0.1) is 23.4 Å². The fourth-order valence-electron chi connectivity index (χ4n) is 1.71. The van der Waals surface area contributed by atoms with E-state index < -0.39 is 23.4 Å². The summed E-state index contributed by atoms with van der Waals surface area (Å²) in [6.07, 6.45) is 1.59. The van der Waals surface area contributed by atoms with Crippen LogP contribution in [0.2, 0.25) is 0 Å². The number of rotatable bonds is 6. The lowest BCUT2D eigenvalue weighted by Crippen LogP contribution is -2.30. The first-order valence-electron chi connectivity index (χ1n) is 6.12. The average Bonchev–Trinajstić information content (AvgIpc) is 2.39. The fraction of sp³-hybridized carbons (Fsp3) is 0.462. The first-order chi connectivity index (χ1) is 8.99. The molecule has 1 atom stereocenters. The topological polar surface area (TPSA) is 55.1 Å². The zero-order chi connectivity index (χ0) is 14.4. The Morgan fingerprint density at radius 1 is 1.32 bits per heavy atom. The van der Waals surface area contributed by atoms with Crippen molar-refractivity contribution in [3.8, 4) is 0 Å². The van der Waals surface area contributed by atoms with Gasteiger partial charge in [0.1, 0.15) is 0 Å². The smallest absolute Gasteiger partial charge is 0.251 e. The van der Waals surface area contributed by atoms with Gasteiger partial charge in [-0.3, -0.25) is 4.79 Å². The Balaban J connectivity index is 2.68. The van der Waals surface area contributed by atoms with Gasteiger partial charge in [-0.05, 0) is 31.0 Å². The Bertz CT molecular complexity index is 429. The molecule has 0 saturated carbocycles. The van der Waals surface area contributed by atoms with Gasteiger partial charge in [0.15, 0.2) is 17.5 Å². The van der Waals surface area contributed by atoms with Crippen molar-refractivity contribution in [2.45, 2.75) is 19.8 Å². The SMILES string of the molecule is CCC(CCN)CNC(=O)c1cc(F)c(F)c(F)c1. The summed E-state index contributed by atoms with van der Waals surface area (Å²) < 4.78 is 38.7. The van der Waals surface area contributed by atoms with Gasteiger partial charge < -0.3 is 11.1 Å². The van der Waals surface area contributed by atoms with Gasteiger partial charge in [-0.25, -0.2) is 13.2 Å². The molecule has 0 spiro atoms. The van der Waals surface area contributed by atoms with E-state index in [0.717, 1.165) is 12.8 Å². The van der Waals surface area contributed by atoms with Gasteiger partial charge in [0, 0.05) is 12.1 Å². The summed E-state index contributed by atoms with van der Waals surface area (Å²) in [5.74, 6) is -4.75. The first kappa shape index (κ1) is 15.5. The summed E-state index contributed by atoms with van der Waals surface area (Å²) in [6.45, 7) is 2.84. The molecule has 1 rings (SSSR count). The van der Waals surface area contributed by atoms with Gasteiger partial charge in [0.25, 0.3) is 5.91 Å². The van der Waals surface area contributed by atoms with Crippen LogP contribution < -0.4 is 11.1 Å². The third-order valence-corrected chi connectivity index (χ3v) is 2.95. The van der Waals surface area contributed by atoms with Crippen molar-refractivity contribution < 1.29 is 18.0 Å². The van der Waals surface area contributed by atoms with E-state index in [0.29, 0.717) is 25.2 Å². The highest BCUT2D eigenvalue weighted by Crippen LogP contribution is 2.14. The Labute approximate surface area is 110 Å². The number of halogens is 3. The van der Waals surface area contributed by atoms with Crippen LogP contribution in [-0.4, -0.2) is 19.0 Å². The van der Waals surface area contributed by atoms with E-state index in [2.05, 4.69) is 5.32 Å². The lowest BCUT2D eigenvalue weighted by molar-refractivity contribution is 0.0945. The molecule has 0 saturated heterocycles. The number of hydrogen-bond acceptors (Lipinski definition) is 2. The zero-order valence-electron chi connectivity index (χ0n) is 10.7. The van der Waals surface area contributed by atoms with E-state index in [-0.39, 0.29) is 11.5 Å². The molecule has 6 heteroatoms. The molecule has 0 heterocycles. The van der Waals surface area contributed by atoms with Crippen LogP contribution in [-0.2, 0) is 0 Å². The lowest BCUT2D eigenvalue weighted by Gasteiger charge is -2.14. The predicted molar refractivity (Wildman–Crippen MR) is 66.1 cm³/mol. The van der Waals surface area contributed by atoms with Crippen molar-refractivity contribution in [1.82, 2.24) is 5.32 Å². The number of carbonyl (C=O) groups excluding carboxylic acids is 1. The maximum absolute atomic E-state index is 13.0. The molecule has 3 N–H and O–H groups in total. The van der Waals surface area contributed by atoms with Crippen molar-refractivity contribution in [2.24, 2.45) is 11.7 Å². The Morgan fingerprint density at radius 3 is 2.37 bits per heavy atom. The molecule has 0 aliphatic heterocycles. The summed E-state index contributed by atoms with van der Waals surface area (Å²) in [5.41, 5.74) is 5.19. The van der Waals surface area contributed by atoms with E-state index in [1.165, 1.54) is 0 Å². The number of nitrogens with two attached hydrogens (primary N) is 1. The van der Waals surface area contributed by atoms with Gasteiger partial charge in [0.2, 0.25) is 0 Å². The van der Waals surface area contributed by atoms with Crippen LogP contribution in [0.5, 0.6) is 0 Å². The molecule has 19 heavy (non-hydrogen) atoms. The van der Waals surface area contributed by atoms with E-state index in [9.17, 15) is 18.0 Å². The van der Waals surface area contributed by atoms with Crippen LogP contribution in [0.1, 0.15) is 30.1 Å². The molecule has 0 radical (unpaired) electrons. The van der Waals surface area contributed by atoms with E-state index in [4.69, 9.17) is 5.73 Å². The highest BCUT2D eigenvalue weighted by atomic mass is 19.2. The molecule has 3 nitrogen and oxygen atoms in total. The first-order valence-corrected chi connectivity index (χ1v) is 6.12. The molecule has 0 bridgehead atoms. The van der Waals surface area contributed by atoms with Crippen molar-refractivity contribution >= 4 is 5.91 Å². The normalized spacial score (nSPS) is 12.3. The summed E-state index contributed by atoms with van der Waals surface area (Å²) in [6, 6.07) is 1.36.